The molecule has 3 N–H and O–H groups in total. The van der Waals surface area contributed by atoms with Crippen molar-refractivity contribution in [3.63, 3.8) is 0 Å². The van der Waals surface area contributed by atoms with E-state index in [4.69, 9.17) is 4.74 Å². The highest BCUT2D eigenvalue weighted by Gasteiger charge is 2.33. The van der Waals surface area contributed by atoms with Gasteiger partial charge in [-0.05, 0) is 60.7 Å². The number of anilines is 2. The molecule has 1 unspecified atom stereocenters. The van der Waals surface area contributed by atoms with Gasteiger partial charge in [0.1, 0.15) is 5.75 Å². The number of rotatable bonds is 7. The van der Waals surface area contributed by atoms with Gasteiger partial charge < -0.3 is 20.7 Å². The highest BCUT2D eigenvalue weighted by atomic mass is 16.5. The summed E-state index contributed by atoms with van der Waals surface area (Å²) in [6.45, 7) is 3.68. The molecule has 0 aromatic heterocycles. The van der Waals surface area contributed by atoms with E-state index in [-0.39, 0.29) is 23.9 Å². The van der Waals surface area contributed by atoms with E-state index in [0.717, 1.165) is 24.2 Å². The van der Waals surface area contributed by atoms with Crippen LogP contribution in [0.1, 0.15) is 38.3 Å². The molecule has 6 heteroatoms. The molecule has 3 amide bonds. The maximum atomic E-state index is 12.5. The fourth-order valence-corrected chi connectivity index (χ4v) is 2.95. The third-order valence-corrected chi connectivity index (χ3v) is 4.79. The number of carbonyl (C=O) groups excluding carboxylic acids is 2. The zero-order valence-electron chi connectivity index (χ0n) is 16.5. The van der Waals surface area contributed by atoms with Crippen LogP contribution < -0.4 is 20.7 Å². The minimum absolute atomic E-state index is 0.0180. The van der Waals surface area contributed by atoms with Gasteiger partial charge in [0, 0.05) is 17.3 Å². The molecule has 0 aliphatic heterocycles. The zero-order valence-corrected chi connectivity index (χ0v) is 16.5. The van der Waals surface area contributed by atoms with Gasteiger partial charge in [-0.15, -0.1) is 0 Å². The van der Waals surface area contributed by atoms with Crippen molar-refractivity contribution in [1.82, 2.24) is 5.32 Å². The first-order valence-corrected chi connectivity index (χ1v) is 9.58. The molecule has 2 aromatic rings. The largest absolute Gasteiger partial charge is 0.497 e. The molecule has 0 radical (unpaired) electrons. The molecular weight excluding hydrogens is 354 g/mol. The first-order chi connectivity index (χ1) is 13.5. The van der Waals surface area contributed by atoms with Crippen LogP contribution in [-0.2, 0) is 4.79 Å². The normalized spacial score (nSPS) is 14.3. The van der Waals surface area contributed by atoms with Gasteiger partial charge in [-0.2, -0.15) is 0 Å². The van der Waals surface area contributed by atoms with Crippen LogP contribution in [0.3, 0.4) is 0 Å². The van der Waals surface area contributed by atoms with Crippen molar-refractivity contribution in [2.24, 2.45) is 11.8 Å². The van der Waals surface area contributed by atoms with Gasteiger partial charge in [-0.25, -0.2) is 4.79 Å². The topological polar surface area (TPSA) is 79.5 Å². The summed E-state index contributed by atoms with van der Waals surface area (Å²) in [6, 6.07) is 14.6. The molecule has 2 aromatic carbocycles. The minimum atomic E-state index is -0.244. The number of benzene rings is 2. The highest BCUT2D eigenvalue weighted by Crippen LogP contribution is 2.41. The van der Waals surface area contributed by atoms with Gasteiger partial charge in [0.25, 0.3) is 0 Å². The smallest absolute Gasteiger partial charge is 0.319 e. The first kappa shape index (κ1) is 19.7. The van der Waals surface area contributed by atoms with Crippen LogP contribution in [0, 0.1) is 11.8 Å². The number of nitrogens with one attached hydrogen (secondary N) is 3. The fourth-order valence-electron chi connectivity index (χ4n) is 2.95. The van der Waals surface area contributed by atoms with Crippen LogP contribution in [0.2, 0.25) is 0 Å². The summed E-state index contributed by atoms with van der Waals surface area (Å²) in [5.41, 5.74) is 2.45. The Bertz CT molecular complexity index is 812. The van der Waals surface area contributed by atoms with E-state index in [1.165, 1.54) is 0 Å². The Morgan fingerprint density at radius 3 is 2.00 bits per heavy atom. The molecule has 1 saturated carbocycles. The Morgan fingerprint density at radius 2 is 1.50 bits per heavy atom. The van der Waals surface area contributed by atoms with E-state index in [1.807, 2.05) is 38.1 Å². The third kappa shape index (κ3) is 5.25. The van der Waals surface area contributed by atoms with Gasteiger partial charge in [0.2, 0.25) is 5.91 Å². The van der Waals surface area contributed by atoms with Crippen molar-refractivity contribution >= 4 is 23.3 Å². The van der Waals surface area contributed by atoms with E-state index in [9.17, 15) is 9.59 Å². The zero-order chi connectivity index (χ0) is 20.1. The lowest BCUT2D eigenvalue weighted by molar-refractivity contribution is -0.118. The molecule has 0 bridgehead atoms. The van der Waals surface area contributed by atoms with Crippen LogP contribution in [0.15, 0.2) is 48.5 Å². The summed E-state index contributed by atoms with van der Waals surface area (Å²) in [6.07, 6.45) is 2.22. The molecule has 6 nitrogen and oxygen atoms in total. The van der Waals surface area contributed by atoms with E-state index in [0.29, 0.717) is 17.3 Å². The Hall–Kier alpha value is -3.02. The van der Waals surface area contributed by atoms with Gasteiger partial charge in [0.15, 0.2) is 0 Å². The van der Waals surface area contributed by atoms with Gasteiger partial charge >= 0.3 is 6.03 Å². The average molecular weight is 381 g/mol. The summed E-state index contributed by atoms with van der Waals surface area (Å²) in [5.74, 6) is 1.14. The predicted molar refractivity (Wildman–Crippen MR) is 111 cm³/mol. The summed E-state index contributed by atoms with van der Waals surface area (Å²) >= 11 is 0. The molecule has 1 fully saturated rings. The van der Waals surface area contributed by atoms with Crippen LogP contribution in [-0.4, -0.2) is 19.0 Å². The molecule has 3 rings (SSSR count). The van der Waals surface area contributed by atoms with Crippen molar-refractivity contribution in [2.45, 2.75) is 32.7 Å². The lowest BCUT2D eigenvalue weighted by Crippen LogP contribution is -2.33. The second-order valence-electron chi connectivity index (χ2n) is 7.41. The Labute approximate surface area is 165 Å². The van der Waals surface area contributed by atoms with Crippen molar-refractivity contribution in [3.8, 4) is 5.75 Å². The van der Waals surface area contributed by atoms with Crippen molar-refractivity contribution in [1.29, 1.82) is 0 Å². The Kier molecular flexibility index (Phi) is 6.19. The van der Waals surface area contributed by atoms with E-state index >= 15 is 0 Å². The number of methoxy groups -OCH3 is 1. The molecule has 148 valence electrons. The summed E-state index contributed by atoms with van der Waals surface area (Å²) < 4.78 is 5.21. The van der Waals surface area contributed by atoms with E-state index in [2.05, 4.69) is 16.0 Å². The first-order valence-electron chi connectivity index (χ1n) is 9.58. The van der Waals surface area contributed by atoms with Crippen molar-refractivity contribution < 1.29 is 14.3 Å². The van der Waals surface area contributed by atoms with Crippen LogP contribution in [0.25, 0.3) is 0 Å². The minimum Gasteiger partial charge on any atom is -0.497 e. The maximum Gasteiger partial charge on any atom is 0.319 e. The van der Waals surface area contributed by atoms with E-state index < -0.39 is 0 Å². The monoisotopic (exact) mass is 381 g/mol. The van der Waals surface area contributed by atoms with Crippen LogP contribution >= 0.6 is 0 Å². The number of ether oxygens (including phenoxy) is 1. The molecule has 28 heavy (non-hydrogen) atoms. The number of hydrogen-bond acceptors (Lipinski definition) is 3. The highest BCUT2D eigenvalue weighted by molar-refractivity contribution is 5.93. The summed E-state index contributed by atoms with van der Waals surface area (Å²) in [5, 5.41) is 8.78. The van der Waals surface area contributed by atoms with Gasteiger partial charge in [-0.3, -0.25) is 4.79 Å². The van der Waals surface area contributed by atoms with Crippen molar-refractivity contribution in [2.75, 3.05) is 17.7 Å². The summed E-state index contributed by atoms with van der Waals surface area (Å²) in [4.78, 5) is 24.2. The van der Waals surface area contributed by atoms with Crippen LogP contribution in [0.4, 0.5) is 16.2 Å². The number of urea groups is 1. The second kappa shape index (κ2) is 8.78. The Balaban J connectivity index is 1.59. The molecular formula is C22H27N3O3. The predicted octanol–water partition coefficient (Wildman–Crippen LogP) is 4.56. The third-order valence-electron chi connectivity index (χ3n) is 4.79. The standard InChI is InChI=1S/C22H27N3O3/c1-14(2)21(26)23-17-8-10-18(11-9-17)24-22(27)25-20(15-4-5-15)16-6-12-19(28-3)13-7-16/h6-15,20H,4-5H2,1-3H3,(H,23,26)(H2,24,25,27). The average Bonchev–Trinajstić information content (AvgIpc) is 3.53. The number of amides is 3. The molecule has 1 aliphatic carbocycles. The van der Waals surface area contributed by atoms with Crippen LogP contribution in [0.5, 0.6) is 5.75 Å². The summed E-state index contributed by atoms with van der Waals surface area (Å²) in [7, 11) is 1.64. The fraction of sp³-hybridized carbons (Fsp3) is 0.364. The molecule has 0 spiro atoms. The van der Waals surface area contributed by atoms with Gasteiger partial charge in [-0.1, -0.05) is 26.0 Å². The second-order valence-corrected chi connectivity index (χ2v) is 7.41. The lowest BCUT2D eigenvalue weighted by atomic mass is 10.0. The SMILES string of the molecule is COc1ccc(C(NC(=O)Nc2ccc(NC(=O)C(C)C)cc2)C2CC2)cc1. The van der Waals surface area contributed by atoms with Gasteiger partial charge in [0.05, 0.1) is 13.2 Å². The quantitative estimate of drug-likeness (QED) is 0.658. The van der Waals surface area contributed by atoms with E-state index in [1.54, 1.807) is 31.4 Å². The lowest BCUT2D eigenvalue weighted by Gasteiger charge is -2.19. The number of carbonyl (C=O) groups is 2. The molecule has 1 aliphatic rings. The Morgan fingerprint density at radius 1 is 0.929 bits per heavy atom. The molecule has 1 atom stereocenters. The molecule has 0 saturated heterocycles. The maximum absolute atomic E-state index is 12.5. The molecule has 0 heterocycles. The van der Waals surface area contributed by atoms with Crippen molar-refractivity contribution in [3.05, 3.63) is 54.1 Å². The number of hydrogen-bond donors (Lipinski definition) is 3.